The van der Waals surface area contributed by atoms with Crippen molar-refractivity contribution in [3.63, 3.8) is 0 Å². The molecule has 0 fully saturated rings. The zero-order valence-corrected chi connectivity index (χ0v) is 4.65. The topological polar surface area (TPSA) is 0 Å². The minimum atomic E-state index is 0. The van der Waals surface area contributed by atoms with Gasteiger partial charge in [0.1, 0.15) is 0 Å². The molecule has 0 spiro atoms. The van der Waals surface area contributed by atoms with Crippen molar-refractivity contribution in [2.75, 3.05) is 0 Å². The van der Waals surface area contributed by atoms with Crippen LogP contribution in [0.25, 0.3) is 0 Å². The van der Waals surface area contributed by atoms with E-state index in [0.29, 0.717) is 0 Å². The maximum Gasteiger partial charge on any atom is -0.0404 e. The van der Waals surface area contributed by atoms with E-state index < -0.39 is 0 Å². The van der Waals surface area contributed by atoms with Gasteiger partial charge in [0.15, 0.2) is 0 Å². The van der Waals surface area contributed by atoms with Gasteiger partial charge in [0.05, 0.1) is 0 Å². The summed E-state index contributed by atoms with van der Waals surface area (Å²) >= 11 is 0. The molecule has 0 unspecified atom stereocenters. The Morgan fingerprint density at radius 3 is 2.12 bits per heavy atom. The molecule has 0 aromatic carbocycles. The van der Waals surface area contributed by atoms with Crippen molar-refractivity contribution in [3.8, 4) is 0 Å². The van der Waals surface area contributed by atoms with E-state index in [2.05, 4.69) is 13.2 Å². The van der Waals surface area contributed by atoms with Crippen molar-refractivity contribution in [2.45, 2.75) is 14.4 Å². The molecular formula is C8H14. The molecule has 0 heteroatoms. The Balaban J connectivity index is 0. The molecule has 0 saturated carbocycles. The van der Waals surface area contributed by atoms with Crippen LogP contribution in [-0.2, 0) is 0 Å². The van der Waals surface area contributed by atoms with Crippen molar-refractivity contribution in [1.29, 1.82) is 0 Å². The van der Waals surface area contributed by atoms with Crippen LogP contribution in [0.4, 0.5) is 0 Å². The summed E-state index contributed by atoms with van der Waals surface area (Å²) in [6.45, 7) is 9.11. The quantitative estimate of drug-likeness (QED) is 0.479. The van der Waals surface area contributed by atoms with Gasteiger partial charge in [-0.3, -0.25) is 0 Å². The van der Waals surface area contributed by atoms with Crippen molar-refractivity contribution in [2.24, 2.45) is 0 Å². The Labute approximate surface area is 52.2 Å². The lowest BCUT2D eigenvalue weighted by Crippen LogP contribution is -1.55. The molecule has 0 amide bonds. The Kier molecular flexibility index (Phi) is 7.97. The monoisotopic (exact) mass is 110 g/mol. The van der Waals surface area contributed by atoms with E-state index >= 15 is 0 Å². The van der Waals surface area contributed by atoms with Crippen molar-refractivity contribution >= 4 is 0 Å². The predicted molar refractivity (Wildman–Crippen MR) is 40.9 cm³/mol. The smallest absolute Gasteiger partial charge is 0.0404 e. The average molecular weight is 110 g/mol. The fourth-order valence-electron chi connectivity index (χ4n) is 0.232. The number of allylic oxidation sites excluding steroid dienone is 4. The van der Waals surface area contributed by atoms with E-state index in [4.69, 9.17) is 0 Å². The van der Waals surface area contributed by atoms with Crippen LogP contribution in [0.2, 0.25) is 0 Å². The van der Waals surface area contributed by atoms with Gasteiger partial charge in [0.25, 0.3) is 0 Å². The summed E-state index contributed by atoms with van der Waals surface area (Å²) in [5.41, 5.74) is 1.06. The van der Waals surface area contributed by atoms with Crippen molar-refractivity contribution in [1.82, 2.24) is 0 Å². The predicted octanol–water partition coefficient (Wildman–Crippen LogP) is 2.94. The van der Waals surface area contributed by atoms with Gasteiger partial charge in [0, 0.05) is 0 Å². The third-order valence-electron chi connectivity index (χ3n) is 0.517. The first-order valence-electron chi connectivity index (χ1n) is 2.22. The number of hydrogen-bond donors (Lipinski definition) is 0. The summed E-state index contributed by atoms with van der Waals surface area (Å²) in [7, 11) is 0. The Morgan fingerprint density at radius 2 is 2.00 bits per heavy atom. The van der Waals surface area contributed by atoms with Crippen LogP contribution in [0.15, 0.2) is 37.0 Å². The first-order chi connectivity index (χ1) is 3.27. The van der Waals surface area contributed by atoms with Crippen LogP contribution >= 0.6 is 0 Å². The molecule has 0 saturated heterocycles. The van der Waals surface area contributed by atoms with E-state index in [0.717, 1.165) is 5.57 Å². The second kappa shape index (κ2) is 6.22. The minimum Gasteiger partial charge on any atom is -0.0991 e. The molecule has 0 nitrogen and oxygen atoms in total. The third kappa shape index (κ3) is 8.97. The van der Waals surface area contributed by atoms with Crippen LogP contribution in [0, 0.1) is 0 Å². The summed E-state index contributed by atoms with van der Waals surface area (Å²) in [4.78, 5) is 0. The number of hydrogen-bond acceptors (Lipinski definition) is 0. The molecule has 0 aliphatic carbocycles. The van der Waals surface area contributed by atoms with E-state index in [1.807, 2.05) is 19.1 Å². The molecule has 0 aromatic heterocycles. The van der Waals surface area contributed by atoms with Gasteiger partial charge in [-0.25, -0.2) is 0 Å². The van der Waals surface area contributed by atoms with Gasteiger partial charge >= 0.3 is 0 Å². The van der Waals surface area contributed by atoms with Crippen molar-refractivity contribution in [3.05, 3.63) is 37.0 Å². The molecule has 8 heavy (non-hydrogen) atoms. The first-order valence-corrected chi connectivity index (χ1v) is 2.22. The minimum absolute atomic E-state index is 0. The Hall–Kier alpha value is -0.780. The fraction of sp³-hybridized carbons (Fsp3) is 0.250. The zero-order chi connectivity index (χ0) is 5.70. The van der Waals surface area contributed by atoms with Crippen LogP contribution in [0.5, 0.6) is 0 Å². The molecule has 0 heterocycles. The van der Waals surface area contributed by atoms with E-state index in [9.17, 15) is 0 Å². The number of rotatable bonds is 2. The molecule has 0 N–H and O–H groups in total. The molecule has 0 atom stereocenters. The van der Waals surface area contributed by atoms with Crippen LogP contribution in [0.3, 0.4) is 0 Å². The highest BCUT2D eigenvalue weighted by Crippen LogP contribution is 1.86. The lowest BCUT2D eigenvalue weighted by atomic mass is 10.3. The fourth-order valence-corrected chi connectivity index (χ4v) is 0.232. The van der Waals surface area contributed by atoms with E-state index in [-0.39, 0.29) is 7.43 Å². The summed E-state index contributed by atoms with van der Waals surface area (Å²) in [6.07, 6.45) is 5.50. The molecule has 0 aliphatic rings. The maximum absolute atomic E-state index is 3.66. The lowest BCUT2D eigenvalue weighted by Gasteiger charge is -1.77. The van der Waals surface area contributed by atoms with Crippen LogP contribution in [-0.4, -0.2) is 0 Å². The van der Waals surface area contributed by atoms with Crippen LogP contribution < -0.4 is 0 Å². The highest BCUT2D eigenvalue weighted by atomic mass is 13.7. The molecule has 0 rings (SSSR count). The second-order valence-electron chi connectivity index (χ2n) is 1.44. The average Bonchev–Trinajstić information content (AvgIpc) is 1.61. The van der Waals surface area contributed by atoms with Gasteiger partial charge in [-0.05, 0) is 6.92 Å². The van der Waals surface area contributed by atoms with Crippen molar-refractivity contribution < 1.29 is 0 Å². The van der Waals surface area contributed by atoms with Gasteiger partial charge in [-0.1, -0.05) is 44.4 Å². The Morgan fingerprint density at radius 1 is 1.50 bits per heavy atom. The summed E-state index contributed by atoms with van der Waals surface area (Å²) in [5, 5.41) is 0. The SMILES string of the molecule is C.C=C/C=C\C(=C)C. The summed E-state index contributed by atoms with van der Waals surface area (Å²) in [6, 6.07) is 0. The molecule has 0 radical (unpaired) electrons. The Bertz CT molecular complexity index is 96.6. The van der Waals surface area contributed by atoms with E-state index in [1.54, 1.807) is 6.08 Å². The summed E-state index contributed by atoms with van der Waals surface area (Å²) < 4.78 is 0. The zero-order valence-electron chi connectivity index (χ0n) is 4.65. The highest BCUT2D eigenvalue weighted by molar-refractivity contribution is 5.15. The van der Waals surface area contributed by atoms with Gasteiger partial charge in [0.2, 0.25) is 0 Å². The lowest BCUT2D eigenvalue weighted by molar-refractivity contribution is 1.56. The summed E-state index contributed by atoms with van der Waals surface area (Å²) in [5.74, 6) is 0. The van der Waals surface area contributed by atoms with E-state index in [1.165, 1.54) is 0 Å². The third-order valence-corrected chi connectivity index (χ3v) is 0.517. The maximum atomic E-state index is 3.66. The van der Waals surface area contributed by atoms with Crippen LogP contribution in [0.1, 0.15) is 14.4 Å². The second-order valence-corrected chi connectivity index (χ2v) is 1.44. The standard InChI is InChI=1S/C7H10.CH4/c1-4-5-6-7(2)3;/h4-6H,1-2H2,3H3;1H4/b6-5-;. The molecule has 0 bridgehead atoms. The molecule has 0 aromatic rings. The molecule has 46 valence electrons. The molecule has 0 aliphatic heterocycles. The normalized spacial score (nSPS) is 8.12. The van der Waals surface area contributed by atoms with Gasteiger partial charge in [-0.2, -0.15) is 0 Å². The van der Waals surface area contributed by atoms with Gasteiger partial charge in [-0.15, -0.1) is 0 Å². The highest BCUT2D eigenvalue weighted by Gasteiger charge is 1.65. The first kappa shape index (κ1) is 10.3. The van der Waals surface area contributed by atoms with Gasteiger partial charge < -0.3 is 0 Å². The largest absolute Gasteiger partial charge is 0.0991 e. The molecular weight excluding hydrogens is 96.1 g/mol.